The number of nitrogens with one attached hydrogen (secondary N) is 2. The van der Waals surface area contributed by atoms with E-state index in [1.165, 1.54) is 12.8 Å². The van der Waals surface area contributed by atoms with E-state index in [2.05, 4.69) is 31.1 Å². The van der Waals surface area contributed by atoms with Crippen LogP contribution >= 0.6 is 15.9 Å². The summed E-state index contributed by atoms with van der Waals surface area (Å²) in [4.78, 5) is 32.4. The molecule has 4 rings (SSSR count). The van der Waals surface area contributed by atoms with Gasteiger partial charge in [-0.1, -0.05) is 34.8 Å². The Morgan fingerprint density at radius 2 is 1.86 bits per heavy atom. The maximum absolute atomic E-state index is 12.5. The lowest BCUT2D eigenvalue weighted by atomic mass is 10.1. The van der Waals surface area contributed by atoms with Crippen molar-refractivity contribution in [3.63, 3.8) is 0 Å². The molecule has 1 aliphatic carbocycles. The standard InChI is InChI=1S/C21H27BrN4O2/c22-17-6-5-16-13-19(24-18(16)14-17)20(27)23-7-8-25-9-11-26(12-10-25)21(28)15-3-1-2-4-15/h5-6,13-15,24H,1-4,7-12H2,(H,23,27). The van der Waals surface area contributed by atoms with Gasteiger partial charge in [-0.3, -0.25) is 14.5 Å². The van der Waals surface area contributed by atoms with E-state index in [4.69, 9.17) is 0 Å². The fourth-order valence-electron chi connectivity index (χ4n) is 4.27. The van der Waals surface area contributed by atoms with Gasteiger partial charge in [-0.2, -0.15) is 0 Å². The van der Waals surface area contributed by atoms with Gasteiger partial charge in [-0.05, 0) is 31.0 Å². The number of carbonyl (C=O) groups is 2. The Morgan fingerprint density at radius 3 is 2.61 bits per heavy atom. The number of fused-ring (bicyclic) bond motifs is 1. The van der Waals surface area contributed by atoms with Crippen LogP contribution in [0.5, 0.6) is 0 Å². The number of benzene rings is 1. The Bertz CT molecular complexity index is 851. The minimum absolute atomic E-state index is 0.0811. The Labute approximate surface area is 173 Å². The minimum atomic E-state index is -0.0811. The Kier molecular flexibility index (Phi) is 6.01. The van der Waals surface area contributed by atoms with Crippen LogP contribution in [0.3, 0.4) is 0 Å². The molecule has 1 saturated heterocycles. The average molecular weight is 447 g/mol. The molecule has 6 nitrogen and oxygen atoms in total. The molecule has 0 spiro atoms. The number of hydrogen-bond acceptors (Lipinski definition) is 3. The molecule has 1 saturated carbocycles. The maximum atomic E-state index is 12.5. The summed E-state index contributed by atoms with van der Waals surface area (Å²) in [5.41, 5.74) is 1.53. The first kappa shape index (κ1) is 19.5. The number of nitrogens with zero attached hydrogens (tertiary/aromatic N) is 2. The Hall–Kier alpha value is -1.86. The molecule has 2 fully saturated rings. The summed E-state index contributed by atoms with van der Waals surface area (Å²) in [7, 11) is 0. The van der Waals surface area contributed by atoms with Crippen molar-refractivity contribution in [2.24, 2.45) is 5.92 Å². The van der Waals surface area contributed by atoms with Crippen molar-refractivity contribution in [3.8, 4) is 0 Å². The van der Waals surface area contributed by atoms with E-state index in [9.17, 15) is 9.59 Å². The molecular weight excluding hydrogens is 420 g/mol. The molecule has 2 aromatic rings. The first-order valence-corrected chi connectivity index (χ1v) is 11.0. The third kappa shape index (κ3) is 4.41. The summed E-state index contributed by atoms with van der Waals surface area (Å²) in [6.45, 7) is 4.79. The second-order valence-corrected chi connectivity index (χ2v) is 8.73. The molecule has 2 aliphatic rings. The largest absolute Gasteiger partial charge is 0.350 e. The molecule has 1 aromatic heterocycles. The Morgan fingerprint density at radius 1 is 1.11 bits per heavy atom. The first-order valence-electron chi connectivity index (χ1n) is 10.2. The van der Waals surface area contributed by atoms with Gasteiger partial charge in [-0.15, -0.1) is 0 Å². The van der Waals surface area contributed by atoms with Gasteiger partial charge in [0.05, 0.1) is 0 Å². The summed E-state index contributed by atoms with van der Waals surface area (Å²) in [6, 6.07) is 7.80. The lowest BCUT2D eigenvalue weighted by Gasteiger charge is -2.36. The molecule has 2 amide bonds. The van der Waals surface area contributed by atoms with Gasteiger partial charge >= 0.3 is 0 Å². The van der Waals surface area contributed by atoms with Crippen molar-refractivity contribution < 1.29 is 9.59 Å². The topological polar surface area (TPSA) is 68.4 Å². The van der Waals surface area contributed by atoms with Crippen LogP contribution in [-0.2, 0) is 4.79 Å². The predicted octanol–water partition coefficient (Wildman–Crippen LogP) is 2.99. The van der Waals surface area contributed by atoms with E-state index in [1.807, 2.05) is 29.2 Å². The molecule has 0 radical (unpaired) electrons. The molecular formula is C21H27BrN4O2. The van der Waals surface area contributed by atoms with Gasteiger partial charge in [0, 0.05) is 60.6 Å². The van der Waals surface area contributed by atoms with E-state index in [1.54, 1.807) is 0 Å². The van der Waals surface area contributed by atoms with Gasteiger partial charge in [0.25, 0.3) is 5.91 Å². The zero-order chi connectivity index (χ0) is 19.5. The van der Waals surface area contributed by atoms with E-state index < -0.39 is 0 Å². The van der Waals surface area contributed by atoms with Crippen LogP contribution in [0.1, 0.15) is 36.2 Å². The average Bonchev–Trinajstić information content (AvgIpc) is 3.37. The highest BCUT2D eigenvalue weighted by molar-refractivity contribution is 9.10. The van der Waals surface area contributed by atoms with Crippen LogP contribution in [0.15, 0.2) is 28.7 Å². The quantitative estimate of drug-likeness (QED) is 0.741. The van der Waals surface area contributed by atoms with Crippen molar-refractivity contribution in [1.29, 1.82) is 0 Å². The smallest absolute Gasteiger partial charge is 0.267 e. The third-order valence-corrected chi connectivity index (χ3v) is 6.42. The van der Waals surface area contributed by atoms with E-state index in [-0.39, 0.29) is 11.8 Å². The number of amides is 2. The van der Waals surface area contributed by atoms with Crippen molar-refractivity contribution in [1.82, 2.24) is 20.1 Å². The zero-order valence-electron chi connectivity index (χ0n) is 16.0. The molecule has 1 aliphatic heterocycles. The number of halogens is 1. The number of H-pyrrole nitrogens is 1. The highest BCUT2D eigenvalue weighted by Crippen LogP contribution is 2.27. The second kappa shape index (κ2) is 8.66. The van der Waals surface area contributed by atoms with E-state index in [0.717, 1.165) is 60.9 Å². The number of aromatic amines is 1. The van der Waals surface area contributed by atoms with Crippen molar-refractivity contribution in [2.45, 2.75) is 25.7 Å². The van der Waals surface area contributed by atoms with Crippen LogP contribution < -0.4 is 5.32 Å². The van der Waals surface area contributed by atoms with Crippen LogP contribution in [0.2, 0.25) is 0 Å². The highest BCUT2D eigenvalue weighted by atomic mass is 79.9. The summed E-state index contributed by atoms with van der Waals surface area (Å²) < 4.78 is 0.986. The van der Waals surface area contributed by atoms with E-state index in [0.29, 0.717) is 18.1 Å². The van der Waals surface area contributed by atoms with Gasteiger partial charge < -0.3 is 15.2 Å². The number of rotatable bonds is 5. The maximum Gasteiger partial charge on any atom is 0.267 e. The summed E-state index contributed by atoms with van der Waals surface area (Å²) in [5.74, 6) is 0.543. The molecule has 150 valence electrons. The van der Waals surface area contributed by atoms with Gasteiger partial charge in [0.15, 0.2) is 0 Å². The van der Waals surface area contributed by atoms with Crippen LogP contribution in [0, 0.1) is 5.92 Å². The number of aromatic nitrogens is 1. The molecule has 0 unspecified atom stereocenters. The van der Waals surface area contributed by atoms with E-state index >= 15 is 0 Å². The third-order valence-electron chi connectivity index (χ3n) is 5.93. The van der Waals surface area contributed by atoms with Gasteiger partial charge in [-0.25, -0.2) is 0 Å². The van der Waals surface area contributed by atoms with Crippen molar-refractivity contribution >= 4 is 38.6 Å². The van der Waals surface area contributed by atoms with Gasteiger partial charge in [0.1, 0.15) is 5.69 Å². The number of carbonyl (C=O) groups excluding carboxylic acids is 2. The fraction of sp³-hybridized carbons (Fsp3) is 0.524. The summed E-state index contributed by atoms with van der Waals surface area (Å²) in [6.07, 6.45) is 4.53. The summed E-state index contributed by atoms with van der Waals surface area (Å²) >= 11 is 3.45. The highest BCUT2D eigenvalue weighted by Gasteiger charge is 2.29. The lowest BCUT2D eigenvalue weighted by molar-refractivity contribution is -0.137. The summed E-state index contributed by atoms with van der Waals surface area (Å²) in [5, 5.41) is 4.02. The fourth-order valence-corrected chi connectivity index (χ4v) is 4.63. The van der Waals surface area contributed by atoms with Crippen LogP contribution in [-0.4, -0.2) is 65.9 Å². The first-order chi connectivity index (χ1) is 13.6. The molecule has 7 heteroatoms. The molecule has 28 heavy (non-hydrogen) atoms. The van der Waals surface area contributed by atoms with Gasteiger partial charge in [0.2, 0.25) is 5.91 Å². The predicted molar refractivity (Wildman–Crippen MR) is 113 cm³/mol. The minimum Gasteiger partial charge on any atom is -0.350 e. The Balaban J connectivity index is 1.21. The normalized spacial score (nSPS) is 18.7. The SMILES string of the molecule is O=C(NCCN1CCN(C(=O)C2CCCC2)CC1)c1cc2ccc(Br)cc2[nH]1. The zero-order valence-corrected chi connectivity index (χ0v) is 17.6. The molecule has 2 heterocycles. The van der Waals surface area contributed by atoms with Crippen LogP contribution in [0.25, 0.3) is 10.9 Å². The molecule has 0 atom stereocenters. The number of hydrogen-bond donors (Lipinski definition) is 2. The lowest BCUT2D eigenvalue weighted by Crippen LogP contribution is -2.51. The number of piperazine rings is 1. The second-order valence-electron chi connectivity index (χ2n) is 7.82. The van der Waals surface area contributed by atoms with Crippen molar-refractivity contribution in [2.75, 3.05) is 39.3 Å². The van der Waals surface area contributed by atoms with Crippen LogP contribution in [0.4, 0.5) is 0 Å². The molecule has 1 aromatic carbocycles. The molecule has 0 bridgehead atoms. The van der Waals surface area contributed by atoms with Crippen molar-refractivity contribution in [3.05, 3.63) is 34.4 Å². The molecule has 2 N–H and O–H groups in total. The monoisotopic (exact) mass is 446 g/mol.